The Hall–Kier alpha value is -1.16. The van der Waals surface area contributed by atoms with Gasteiger partial charge in [0.15, 0.2) is 0 Å². The summed E-state index contributed by atoms with van der Waals surface area (Å²) >= 11 is 0. The van der Waals surface area contributed by atoms with Crippen LogP contribution >= 0.6 is 0 Å². The van der Waals surface area contributed by atoms with Crippen LogP contribution in [-0.4, -0.2) is 25.8 Å². The van der Waals surface area contributed by atoms with Crippen molar-refractivity contribution in [2.75, 3.05) is 13.6 Å². The minimum atomic E-state index is -2.43. The van der Waals surface area contributed by atoms with Crippen molar-refractivity contribution in [1.82, 2.24) is 4.90 Å². The molecule has 0 unspecified atom stereocenters. The maximum Gasteiger partial charge on any atom is 0.568 e. The van der Waals surface area contributed by atoms with Crippen molar-refractivity contribution in [3.8, 4) is 0 Å². The minimum absolute atomic E-state index is 0.0339. The summed E-state index contributed by atoms with van der Waals surface area (Å²) in [7, 11) is -0.621. The lowest BCUT2D eigenvalue weighted by atomic mass is 9.86. The smallest absolute Gasteiger partial charge is 0.299 e. The van der Waals surface area contributed by atoms with Crippen LogP contribution in [0.2, 0.25) is 0 Å². The van der Waals surface area contributed by atoms with Gasteiger partial charge in [-0.25, -0.2) is 0 Å². The van der Waals surface area contributed by atoms with Crippen LogP contribution in [0.15, 0.2) is 42.4 Å². The Kier molecular flexibility index (Phi) is 4.50. The molecule has 0 heterocycles. The summed E-state index contributed by atoms with van der Waals surface area (Å²) in [6, 6.07) is 9.75. The molecular formula is C11H14BF2N. The fourth-order valence-electron chi connectivity index (χ4n) is 1.37. The van der Waals surface area contributed by atoms with Crippen molar-refractivity contribution in [1.29, 1.82) is 0 Å². The zero-order valence-corrected chi connectivity index (χ0v) is 8.79. The predicted octanol–water partition coefficient (Wildman–Crippen LogP) is 2.64. The molecule has 0 atom stereocenters. The number of likely N-dealkylation sites (N-methyl/N-ethyl adjacent to an activating group) is 1. The Morgan fingerprint density at radius 3 is 2.47 bits per heavy atom. The second-order valence-corrected chi connectivity index (χ2v) is 3.62. The summed E-state index contributed by atoms with van der Waals surface area (Å²) in [5, 5.41) is 0. The average molecular weight is 209 g/mol. The molecule has 1 aromatic rings. The van der Waals surface area contributed by atoms with Gasteiger partial charge >= 0.3 is 7.27 Å². The first-order valence-corrected chi connectivity index (χ1v) is 4.78. The molecule has 0 amide bonds. The molecule has 0 saturated heterocycles. The van der Waals surface area contributed by atoms with E-state index < -0.39 is 7.27 Å². The van der Waals surface area contributed by atoms with Crippen LogP contribution in [0.5, 0.6) is 0 Å². The number of nitrogens with zero attached hydrogens (tertiary/aromatic N) is 1. The number of benzene rings is 1. The molecule has 0 aromatic heterocycles. The zero-order valence-electron chi connectivity index (χ0n) is 8.79. The molecule has 15 heavy (non-hydrogen) atoms. The molecule has 0 aliphatic carbocycles. The molecule has 0 fully saturated rings. The van der Waals surface area contributed by atoms with Crippen LogP contribution < -0.4 is 0 Å². The monoisotopic (exact) mass is 209 g/mol. The van der Waals surface area contributed by atoms with E-state index in [0.29, 0.717) is 6.54 Å². The van der Waals surface area contributed by atoms with Gasteiger partial charge in [-0.05, 0) is 18.1 Å². The Labute approximate surface area is 89.6 Å². The van der Waals surface area contributed by atoms with Crippen LogP contribution in [0.3, 0.4) is 0 Å². The maximum absolute atomic E-state index is 12.2. The van der Waals surface area contributed by atoms with E-state index in [-0.39, 0.29) is 12.0 Å². The highest BCUT2D eigenvalue weighted by atomic mass is 19.2. The quantitative estimate of drug-likeness (QED) is 0.673. The molecule has 0 spiro atoms. The number of hydrogen-bond donors (Lipinski definition) is 0. The SMILES string of the molecule is C=C(CN(C)Cc1ccccc1)B(F)F. The third kappa shape index (κ3) is 4.25. The van der Waals surface area contributed by atoms with E-state index in [1.54, 1.807) is 7.05 Å². The summed E-state index contributed by atoms with van der Waals surface area (Å²) < 4.78 is 24.4. The molecule has 1 nitrogen and oxygen atoms in total. The highest BCUT2D eigenvalue weighted by Gasteiger charge is 2.18. The second-order valence-electron chi connectivity index (χ2n) is 3.62. The summed E-state index contributed by atoms with van der Waals surface area (Å²) in [6.07, 6.45) is 0. The lowest BCUT2D eigenvalue weighted by Crippen LogP contribution is -2.23. The third-order valence-corrected chi connectivity index (χ3v) is 2.08. The normalized spacial score (nSPS) is 10.4. The lowest BCUT2D eigenvalue weighted by molar-refractivity contribution is 0.357. The molecular weight excluding hydrogens is 195 g/mol. The molecule has 4 heteroatoms. The van der Waals surface area contributed by atoms with Gasteiger partial charge in [0.1, 0.15) is 0 Å². The summed E-state index contributed by atoms with van der Waals surface area (Å²) in [5.41, 5.74) is 1.08. The van der Waals surface area contributed by atoms with E-state index >= 15 is 0 Å². The summed E-state index contributed by atoms with van der Waals surface area (Å²) in [4.78, 5) is 1.82. The van der Waals surface area contributed by atoms with Crippen LogP contribution in [0.1, 0.15) is 5.56 Å². The van der Waals surface area contributed by atoms with Crippen LogP contribution in [0.25, 0.3) is 0 Å². The highest BCUT2D eigenvalue weighted by molar-refractivity contribution is 6.52. The van der Waals surface area contributed by atoms with E-state index in [1.165, 1.54) is 0 Å². The van der Waals surface area contributed by atoms with E-state index in [0.717, 1.165) is 5.56 Å². The van der Waals surface area contributed by atoms with Crippen molar-refractivity contribution < 1.29 is 8.63 Å². The Balaban J connectivity index is 2.43. The van der Waals surface area contributed by atoms with Gasteiger partial charge in [-0.2, -0.15) is 0 Å². The van der Waals surface area contributed by atoms with Gasteiger partial charge in [0.25, 0.3) is 0 Å². The standard InChI is InChI=1S/C11H14BF2N/c1-10(12(13)14)8-15(2)9-11-6-4-3-5-7-11/h3-7H,1,8-9H2,2H3. The largest absolute Gasteiger partial charge is 0.568 e. The summed E-state index contributed by atoms with van der Waals surface area (Å²) in [6.45, 7) is 4.23. The van der Waals surface area contributed by atoms with E-state index in [2.05, 4.69) is 6.58 Å². The first-order valence-electron chi connectivity index (χ1n) is 4.78. The topological polar surface area (TPSA) is 3.24 Å². The molecule has 0 N–H and O–H groups in total. The van der Waals surface area contributed by atoms with Crippen LogP contribution in [0, 0.1) is 0 Å². The van der Waals surface area contributed by atoms with Gasteiger partial charge < -0.3 is 0 Å². The van der Waals surface area contributed by atoms with Crippen LogP contribution in [0.4, 0.5) is 8.63 Å². The van der Waals surface area contributed by atoms with Gasteiger partial charge in [-0.1, -0.05) is 30.3 Å². The molecule has 0 saturated carbocycles. The lowest BCUT2D eigenvalue weighted by Gasteiger charge is -2.17. The number of halogens is 2. The fraction of sp³-hybridized carbons (Fsp3) is 0.273. The average Bonchev–Trinajstić information content (AvgIpc) is 2.18. The van der Waals surface area contributed by atoms with E-state index in [9.17, 15) is 8.63 Å². The Morgan fingerprint density at radius 1 is 1.33 bits per heavy atom. The molecule has 0 bridgehead atoms. The summed E-state index contributed by atoms with van der Waals surface area (Å²) in [5.74, 6) is 0. The van der Waals surface area contributed by atoms with Crippen molar-refractivity contribution in [3.05, 3.63) is 47.9 Å². The Morgan fingerprint density at radius 2 is 1.93 bits per heavy atom. The van der Waals surface area contributed by atoms with Crippen molar-refractivity contribution in [3.63, 3.8) is 0 Å². The number of rotatable bonds is 5. The van der Waals surface area contributed by atoms with Gasteiger partial charge in [-0.3, -0.25) is 13.5 Å². The van der Waals surface area contributed by atoms with E-state index in [4.69, 9.17) is 0 Å². The second kappa shape index (κ2) is 5.66. The molecule has 0 aliphatic heterocycles. The predicted molar refractivity (Wildman–Crippen MR) is 59.9 cm³/mol. The van der Waals surface area contributed by atoms with Crippen LogP contribution in [-0.2, 0) is 6.54 Å². The Bertz CT molecular complexity index is 314. The van der Waals surface area contributed by atoms with Gasteiger partial charge in [-0.15, -0.1) is 6.58 Å². The van der Waals surface area contributed by atoms with Crippen molar-refractivity contribution in [2.24, 2.45) is 0 Å². The molecule has 0 radical (unpaired) electrons. The molecule has 0 aliphatic rings. The maximum atomic E-state index is 12.2. The molecule has 80 valence electrons. The first kappa shape index (κ1) is 11.9. The van der Waals surface area contributed by atoms with E-state index in [1.807, 2.05) is 35.2 Å². The van der Waals surface area contributed by atoms with Gasteiger partial charge in [0, 0.05) is 13.1 Å². The zero-order chi connectivity index (χ0) is 11.3. The molecule has 1 aromatic carbocycles. The third-order valence-electron chi connectivity index (χ3n) is 2.08. The van der Waals surface area contributed by atoms with Gasteiger partial charge in [0.05, 0.1) is 0 Å². The van der Waals surface area contributed by atoms with Gasteiger partial charge in [0.2, 0.25) is 0 Å². The number of hydrogen-bond acceptors (Lipinski definition) is 1. The molecule has 1 rings (SSSR count). The fourth-order valence-corrected chi connectivity index (χ4v) is 1.37. The van der Waals surface area contributed by atoms with Crippen molar-refractivity contribution in [2.45, 2.75) is 6.54 Å². The first-order chi connectivity index (χ1) is 7.09. The highest BCUT2D eigenvalue weighted by Crippen LogP contribution is 2.07. The van der Waals surface area contributed by atoms with Crippen molar-refractivity contribution >= 4 is 7.27 Å². The minimum Gasteiger partial charge on any atom is -0.299 e.